The first-order chi connectivity index (χ1) is 7.29. The maximum Gasteiger partial charge on any atom is 0.0158 e. The fraction of sp³-hybridized carbons (Fsp3) is 1.00. The molecule has 0 aromatic rings. The predicted octanol–water partition coefficient (Wildman–Crippen LogP) is 4.71. The van der Waals surface area contributed by atoms with E-state index < -0.39 is 0 Å². The van der Waals surface area contributed by atoms with Crippen molar-refractivity contribution in [3.63, 3.8) is 0 Å². The van der Waals surface area contributed by atoms with Crippen molar-refractivity contribution in [2.75, 3.05) is 13.1 Å². The second-order valence-corrected chi connectivity index (χ2v) is 6.49. The van der Waals surface area contributed by atoms with Crippen molar-refractivity contribution in [2.45, 2.75) is 79.7 Å². The summed E-state index contributed by atoms with van der Waals surface area (Å²) < 4.78 is 0. The van der Waals surface area contributed by atoms with Gasteiger partial charge in [0.25, 0.3) is 0 Å². The summed E-state index contributed by atoms with van der Waals surface area (Å²) in [6, 6.07) is 0. The van der Waals surface area contributed by atoms with Gasteiger partial charge in [-0.2, -0.15) is 0 Å². The van der Waals surface area contributed by atoms with Gasteiger partial charge in [0.2, 0.25) is 0 Å². The van der Waals surface area contributed by atoms with Crippen molar-refractivity contribution in [1.82, 2.24) is 4.90 Å². The molecule has 0 atom stereocenters. The van der Waals surface area contributed by atoms with Crippen LogP contribution in [-0.4, -0.2) is 23.5 Å². The standard InChI is InChI=1S/C15H33N/c1-8-11-16(12-9-2)15(6,7)13-14(4,5)10-3/h8-13H2,1-7H3. The summed E-state index contributed by atoms with van der Waals surface area (Å²) in [5.41, 5.74) is 0.800. The zero-order valence-electron chi connectivity index (χ0n) is 12.7. The summed E-state index contributed by atoms with van der Waals surface area (Å²) in [6.07, 6.45) is 5.07. The number of hydrogen-bond acceptors (Lipinski definition) is 1. The van der Waals surface area contributed by atoms with Crippen LogP contribution in [0.4, 0.5) is 0 Å². The fourth-order valence-electron chi connectivity index (χ4n) is 2.66. The second kappa shape index (κ2) is 6.64. The molecule has 0 aromatic heterocycles. The lowest BCUT2D eigenvalue weighted by molar-refractivity contribution is 0.0699. The summed E-state index contributed by atoms with van der Waals surface area (Å²) in [5, 5.41) is 0. The van der Waals surface area contributed by atoms with Crippen molar-refractivity contribution in [2.24, 2.45) is 5.41 Å². The van der Waals surface area contributed by atoms with E-state index >= 15 is 0 Å². The average Bonchev–Trinajstić information content (AvgIpc) is 2.16. The quantitative estimate of drug-likeness (QED) is 0.580. The molecule has 0 radical (unpaired) electrons. The Kier molecular flexibility index (Phi) is 6.62. The lowest BCUT2D eigenvalue weighted by Crippen LogP contribution is -2.47. The highest BCUT2D eigenvalue weighted by Gasteiger charge is 2.31. The van der Waals surface area contributed by atoms with E-state index in [2.05, 4.69) is 53.4 Å². The maximum absolute atomic E-state index is 2.67. The van der Waals surface area contributed by atoms with E-state index in [4.69, 9.17) is 0 Å². The van der Waals surface area contributed by atoms with Gasteiger partial charge in [0.1, 0.15) is 0 Å². The Morgan fingerprint density at radius 3 is 1.56 bits per heavy atom. The molecule has 0 heterocycles. The molecule has 0 saturated carbocycles. The molecule has 0 unspecified atom stereocenters. The van der Waals surface area contributed by atoms with Gasteiger partial charge in [-0.1, -0.05) is 41.0 Å². The minimum atomic E-state index is 0.339. The van der Waals surface area contributed by atoms with Gasteiger partial charge in [0.05, 0.1) is 0 Å². The van der Waals surface area contributed by atoms with Gasteiger partial charge in [0.15, 0.2) is 0 Å². The molecular formula is C15H33N. The lowest BCUT2D eigenvalue weighted by atomic mass is 9.77. The minimum absolute atomic E-state index is 0.339. The van der Waals surface area contributed by atoms with Crippen molar-refractivity contribution in [3.8, 4) is 0 Å². The molecule has 0 fully saturated rings. The highest BCUT2D eigenvalue weighted by Crippen LogP contribution is 2.34. The van der Waals surface area contributed by atoms with Crippen LogP contribution in [0.15, 0.2) is 0 Å². The smallest absolute Gasteiger partial charge is 0.0158 e. The average molecular weight is 227 g/mol. The monoisotopic (exact) mass is 227 g/mol. The normalized spacial score (nSPS) is 13.5. The topological polar surface area (TPSA) is 3.24 Å². The van der Waals surface area contributed by atoms with E-state index in [9.17, 15) is 0 Å². The van der Waals surface area contributed by atoms with E-state index in [1.54, 1.807) is 0 Å². The lowest BCUT2D eigenvalue weighted by Gasteiger charge is -2.43. The first-order valence-corrected chi connectivity index (χ1v) is 7.04. The maximum atomic E-state index is 2.67. The first-order valence-electron chi connectivity index (χ1n) is 7.04. The van der Waals surface area contributed by atoms with Crippen LogP contribution >= 0.6 is 0 Å². The summed E-state index contributed by atoms with van der Waals surface area (Å²) in [6.45, 7) is 19.0. The fourth-order valence-corrected chi connectivity index (χ4v) is 2.66. The van der Waals surface area contributed by atoms with Crippen LogP contribution in [0.25, 0.3) is 0 Å². The summed E-state index contributed by atoms with van der Waals surface area (Å²) >= 11 is 0. The Labute approximate surface area is 104 Å². The van der Waals surface area contributed by atoms with Gasteiger partial charge in [-0.05, 0) is 51.6 Å². The highest BCUT2D eigenvalue weighted by molar-refractivity contribution is 4.87. The molecule has 0 spiro atoms. The Bertz CT molecular complexity index is 176. The van der Waals surface area contributed by atoms with Gasteiger partial charge in [0, 0.05) is 5.54 Å². The third-order valence-electron chi connectivity index (χ3n) is 3.71. The number of rotatable bonds is 8. The summed E-state index contributed by atoms with van der Waals surface area (Å²) in [7, 11) is 0. The molecule has 0 aliphatic heterocycles. The molecule has 1 nitrogen and oxygen atoms in total. The van der Waals surface area contributed by atoms with E-state index in [1.165, 1.54) is 38.8 Å². The van der Waals surface area contributed by atoms with Crippen molar-refractivity contribution < 1.29 is 0 Å². The molecule has 98 valence electrons. The molecule has 0 aliphatic carbocycles. The zero-order valence-corrected chi connectivity index (χ0v) is 12.7. The largest absolute Gasteiger partial charge is 0.298 e. The SMILES string of the molecule is CCCN(CCC)C(C)(C)CC(C)(C)CC. The molecule has 0 amide bonds. The molecule has 0 aliphatic rings. The molecule has 0 saturated heterocycles. The van der Waals surface area contributed by atoms with Crippen molar-refractivity contribution in [3.05, 3.63) is 0 Å². The molecule has 0 N–H and O–H groups in total. The van der Waals surface area contributed by atoms with E-state index in [0.29, 0.717) is 11.0 Å². The van der Waals surface area contributed by atoms with Crippen LogP contribution in [-0.2, 0) is 0 Å². The number of nitrogens with zero attached hydrogens (tertiary/aromatic N) is 1. The van der Waals surface area contributed by atoms with E-state index in [1.807, 2.05) is 0 Å². The van der Waals surface area contributed by atoms with Gasteiger partial charge in [-0.25, -0.2) is 0 Å². The Hall–Kier alpha value is -0.0400. The van der Waals surface area contributed by atoms with Crippen LogP contribution in [0.2, 0.25) is 0 Å². The predicted molar refractivity (Wildman–Crippen MR) is 74.9 cm³/mol. The van der Waals surface area contributed by atoms with Crippen LogP contribution in [0.1, 0.15) is 74.1 Å². The third-order valence-corrected chi connectivity index (χ3v) is 3.71. The van der Waals surface area contributed by atoms with Crippen LogP contribution < -0.4 is 0 Å². The van der Waals surface area contributed by atoms with Gasteiger partial charge in [-0.15, -0.1) is 0 Å². The van der Waals surface area contributed by atoms with Crippen LogP contribution in [0, 0.1) is 5.41 Å². The van der Waals surface area contributed by atoms with Crippen LogP contribution in [0.3, 0.4) is 0 Å². The Morgan fingerprint density at radius 1 is 0.812 bits per heavy atom. The van der Waals surface area contributed by atoms with E-state index in [0.717, 1.165) is 0 Å². The van der Waals surface area contributed by atoms with Gasteiger partial charge < -0.3 is 0 Å². The molecule has 0 bridgehead atoms. The summed E-state index contributed by atoms with van der Waals surface area (Å²) in [4.78, 5) is 2.67. The molecule has 1 heteroatoms. The highest BCUT2D eigenvalue weighted by atomic mass is 15.2. The first kappa shape index (κ1) is 16.0. The van der Waals surface area contributed by atoms with Crippen LogP contribution in [0.5, 0.6) is 0 Å². The van der Waals surface area contributed by atoms with Gasteiger partial charge >= 0.3 is 0 Å². The molecule has 0 rings (SSSR count). The number of hydrogen-bond donors (Lipinski definition) is 0. The Morgan fingerprint density at radius 2 is 1.25 bits per heavy atom. The second-order valence-electron chi connectivity index (χ2n) is 6.49. The van der Waals surface area contributed by atoms with Gasteiger partial charge in [-0.3, -0.25) is 4.90 Å². The minimum Gasteiger partial charge on any atom is -0.298 e. The molecular weight excluding hydrogens is 194 g/mol. The summed E-state index contributed by atoms with van der Waals surface area (Å²) in [5.74, 6) is 0. The van der Waals surface area contributed by atoms with Crippen molar-refractivity contribution >= 4 is 0 Å². The van der Waals surface area contributed by atoms with Crippen molar-refractivity contribution in [1.29, 1.82) is 0 Å². The zero-order chi connectivity index (χ0) is 12.8. The Balaban J connectivity index is 4.56. The van der Waals surface area contributed by atoms with E-state index in [-0.39, 0.29) is 0 Å². The third kappa shape index (κ3) is 5.34. The molecule has 0 aromatic carbocycles. The molecule has 16 heavy (non-hydrogen) atoms.